The first-order valence-electron chi connectivity index (χ1n) is 10.7. The maximum atomic E-state index is 10.8. The van der Waals surface area contributed by atoms with Crippen LogP contribution in [0.25, 0.3) is 0 Å². The van der Waals surface area contributed by atoms with Gasteiger partial charge in [0.05, 0.1) is 5.56 Å². The Kier molecular flexibility index (Phi) is 9.86. The van der Waals surface area contributed by atoms with Gasteiger partial charge < -0.3 is 10.4 Å². The van der Waals surface area contributed by atoms with Crippen molar-refractivity contribution in [3.05, 3.63) is 65.2 Å². The second-order valence-electron chi connectivity index (χ2n) is 7.76. The highest BCUT2D eigenvalue weighted by Crippen LogP contribution is 2.14. The second kappa shape index (κ2) is 12.7. The molecule has 3 nitrogen and oxygen atoms in total. The van der Waals surface area contributed by atoms with E-state index in [9.17, 15) is 4.79 Å². The molecular weight excluding hydrogens is 358 g/mol. The van der Waals surface area contributed by atoms with Crippen molar-refractivity contribution in [1.82, 2.24) is 0 Å². The highest BCUT2D eigenvalue weighted by Gasteiger charge is 2.01. The highest BCUT2D eigenvalue weighted by molar-refractivity contribution is 5.87. The van der Waals surface area contributed by atoms with Gasteiger partial charge in [-0.05, 0) is 60.7 Å². The van der Waals surface area contributed by atoms with Gasteiger partial charge in [0, 0.05) is 24.2 Å². The largest absolute Gasteiger partial charge is 0.478 e. The Balaban J connectivity index is 1.48. The molecule has 2 N–H and O–H groups in total. The van der Waals surface area contributed by atoms with E-state index < -0.39 is 5.97 Å². The number of carboxylic acids is 1. The van der Waals surface area contributed by atoms with Crippen LogP contribution in [0.1, 0.15) is 86.2 Å². The summed E-state index contributed by atoms with van der Waals surface area (Å²) in [6, 6.07) is 15.5. The van der Waals surface area contributed by atoms with Crippen molar-refractivity contribution < 1.29 is 9.90 Å². The number of aromatic carboxylic acids is 1. The van der Waals surface area contributed by atoms with Gasteiger partial charge in [0.2, 0.25) is 0 Å². The Bertz CT molecular complexity index is 795. The van der Waals surface area contributed by atoms with Gasteiger partial charge in [-0.1, -0.05) is 63.5 Å². The molecule has 0 aliphatic heterocycles. The van der Waals surface area contributed by atoms with Crippen LogP contribution in [0.5, 0.6) is 0 Å². The molecule has 2 rings (SSSR count). The number of hydrogen-bond donors (Lipinski definition) is 2. The van der Waals surface area contributed by atoms with Crippen molar-refractivity contribution in [2.24, 2.45) is 0 Å². The minimum absolute atomic E-state index is 0.323. The molecule has 0 saturated carbocycles. The lowest BCUT2D eigenvalue weighted by Gasteiger charge is -2.06. The van der Waals surface area contributed by atoms with Crippen molar-refractivity contribution in [3.63, 3.8) is 0 Å². The number of benzene rings is 2. The van der Waals surface area contributed by atoms with Crippen LogP contribution in [0.3, 0.4) is 0 Å². The molecule has 154 valence electrons. The summed E-state index contributed by atoms with van der Waals surface area (Å²) in [5.41, 5.74) is 3.78. The van der Waals surface area contributed by atoms with E-state index in [0.717, 1.165) is 30.6 Å². The van der Waals surface area contributed by atoms with Gasteiger partial charge in [-0.3, -0.25) is 0 Å². The first kappa shape index (κ1) is 22.6. The normalized spacial score (nSPS) is 10.4. The van der Waals surface area contributed by atoms with E-state index in [1.807, 2.05) is 12.1 Å². The molecule has 2 aromatic rings. The molecule has 0 heterocycles. The third kappa shape index (κ3) is 8.87. The number of rotatable bonds is 11. The van der Waals surface area contributed by atoms with Crippen LogP contribution in [-0.4, -0.2) is 17.6 Å². The minimum Gasteiger partial charge on any atom is -0.478 e. The highest BCUT2D eigenvalue weighted by atomic mass is 16.4. The molecule has 0 unspecified atom stereocenters. The molecular formula is C26H33NO2. The number of carboxylic acid groups (broad SMARTS) is 1. The summed E-state index contributed by atoms with van der Waals surface area (Å²) in [4.78, 5) is 10.8. The van der Waals surface area contributed by atoms with Gasteiger partial charge in [0.15, 0.2) is 0 Å². The molecule has 2 aromatic carbocycles. The summed E-state index contributed by atoms with van der Waals surface area (Å²) in [6.45, 7) is 5.34. The fourth-order valence-corrected chi connectivity index (χ4v) is 3.12. The van der Waals surface area contributed by atoms with Crippen molar-refractivity contribution in [2.75, 3.05) is 11.9 Å². The summed E-state index contributed by atoms with van der Waals surface area (Å²) >= 11 is 0. The van der Waals surface area contributed by atoms with Crippen LogP contribution in [-0.2, 0) is 0 Å². The number of unbranched alkanes of at least 4 members (excludes halogenated alkanes) is 6. The first-order valence-corrected chi connectivity index (χ1v) is 10.7. The fraction of sp³-hybridized carbons (Fsp3) is 0.423. The molecule has 0 atom stereocenters. The molecule has 0 aliphatic carbocycles. The Labute approximate surface area is 175 Å². The van der Waals surface area contributed by atoms with Crippen LogP contribution >= 0.6 is 0 Å². The number of nitrogens with one attached hydrogen (secondary N) is 1. The van der Waals surface area contributed by atoms with Crippen LogP contribution in [0.15, 0.2) is 48.5 Å². The third-order valence-corrected chi connectivity index (χ3v) is 5.00. The Morgan fingerprint density at radius 3 is 2.14 bits per heavy atom. The van der Waals surface area contributed by atoms with Gasteiger partial charge >= 0.3 is 5.97 Å². The predicted molar refractivity (Wildman–Crippen MR) is 122 cm³/mol. The van der Waals surface area contributed by atoms with Crippen molar-refractivity contribution in [2.45, 2.75) is 64.7 Å². The molecule has 0 radical (unpaired) electrons. The minimum atomic E-state index is -0.886. The Morgan fingerprint density at radius 2 is 1.52 bits per heavy atom. The lowest BCUT2D eigenvalue weighted by atomic mass is 10.0. The quantitative estimate of drug-likeness (QED) is 0.331. The SMILES string of the molecule is CC(C)c1ccc(C#CCCCCCCCCNc2ccc(C(=O)O)cc2)cc1. The van der Waals surface area contributed by atoms with Crippen LogP contribution in [0.4, 0.5) is 5.69 Å². The van der Waals surface area contributed by atoms with Crippen LogP contribution < -0.4 is 5.32 Å². The monoisotopic (exact) mass is 391 g/mol. The van der Waals surface area contributed by atoms with Crippen LogP contribution in [0.2, 0.25) is 0 Å². The fourth-order valence-electron chi connectivity index (χ4n) is 3.12. The molecule has 0 amide bonds. The average Bonchev–Trinajstić information content (AvgIpc) is 2.72. The Morgan fingerprint density at radius 1 is 0.897 bits per heavy atom. The number of carbonyl (C=O) groups is 1. The third-order valence-electron chi connectivity index (χ3n) is 5.00. The first-order chi connectivity index (χ1) is 14.1. The van der Waals surface area contributed by atoms with Crippen LogP contribution in [0, 0.1) is 11.8 Å². The van der Waals surface area contributed by atoms with Crippen molar-refractivity contribution in [1.29, 1.82) is 0 Å². The zero-order valence-electron chi connectivity index (χ0n) is 17.7. The lowest BCUT2D eigenvalue weighted by molar-refractivity contribution is 0.0697. The maximum Gasteiger partial charge on any atom is 0.335 e. The van der Waals surface area contributed by atoms with Gasteiger partial charge in [-0.15, -0.1) is 0 Å². The van der Waals surface area contributed by atoms with Crippen molar-refractivity contribution >= 4 is 11.7 Å². The molecule has 0 aromatic heterocycles. The zero-order valence-corrected chi connectivity index (χ0v) is 17.7. The van der Waals surface area contributed by atoms with E-state index in [1.54, 1.807) is 12.1 Å². The summed E-state index contributed by atoms with van der Waals surface area (Å²) in [7, 11) is 0. The van der Waals surface area contributed by atoms with Gasteiger partial charge in [-0.2, -0.15) is 0 Å². The van der Waals surface area contributed by atoms with Crippen molar-refractivity contribution in [3.8, 4) is 11.8 Å². The summed E-state index contributed by atoms with van der Waals surface area (Å²) in [5.74, 6) is 6.24. The van der Waals surface area contributed by atoms with E-state index >= 15 is 0 Å². The van der Waals surface area contributed by atoms with E-state index in [2.05, 4.69) is 55.3 Å². The molecule has 0 spiro atoms. The predicted octanol–water partition coefficient (Wildman–Crippen LogP) is 6.70. The number of hydrogen-bond acceptors (Lipinski definition) is 2. The average molecular weight is 392 g/mol. The smallest absolute Gasteiger partial charge is 0.335 e. The summed E-state index contributed by atoms with van der Waals surface area (Å²) < 4.78 is 0. The van der Waals surface area contributed by atoms with E-state index in [0.29, 0.717) is 11.5 Å². The Hall–Kier alpha value is -2.73. The summed E-state index contributed by atoms with van der Waals surface area (Å²) in [6.07, 6.45) is 8.25. The van der Waals surface area contributed by atoms with E-state index in [4.69, 9.17) is 5.11 Å². The standard InChI is InChI=1S/C26H33NO2/c1-21(2)23-14-12-22(13-15-23)11-9-7-5-3-4-6-8-10-20-27-25-18-16-24(17-19-25)26(28)29/h12-19,21,27H,3-8,10,20H2,1-2H3,(H,28,29). The van der Waals surface area contributed by atoms with Gasteiger partial charge in [0.25, 0.3) is 0 Å². The molecule has 0 saturated heterocycles. The van der Waals surface area contributed by atoms with Gasteiger partial charge in [-0.25, -0.2) is 4.79 Å². The second-order valence-corrected chi connectivity index (χ2v) is 7.76. The molecule has 0 bridgehead atoms. The molecule has 0 fully saturated rings. The van der Waals surface area contributed by atoms with E-state index in [-0.39, 0.29) is 0 Å². The topological polar surface area (TPSA) is 49.3 Å². The molecule has 29 heavy (non-hydrogen) atoms. The summed E-state index contributed by atoms with van der Waals surface area (Å²) in [5, 5.41) is 12.2. The maximum absolute atomic E-state index is 10.8. The molecule has 3 heteroatoms. The lowest BCUT2D eigenvalue weighted by Crippen LogP contribution is -2.02. The molecule has 0 aliphatic rings. The number of anilines is 1. The zero-order chi connectivity index (χ0) is 20.9. The van der Waals surface area contributed by atoms with E-state index in [1.165, 1.54) is 37.7 Å². The van der Waals surface area contributed by atoms with Gasteiger partial charge in [0.1, 0.15) is 0 Å².